The summed E-state index contributed by atoms with van der Waals surface area (Å²) in [4.78, 5) is 15.9. The van der Waals surface area contributed by atoms with Gasteiger partial charge in [0.05, 0.1) is 0 Å². The van der Waals surface area contributed by atoms with Gasteiger partial charge >= 0.3 is 0 Å². The summed E-state index contributed by atoms with van der Waals surface area (Å²) < 4.78 is 0. The molecular formula is C18H24N2O. The van der Waals surface area contributed by atoms with Crippen LogP contribution in [0.5, 0.6) is 0 Å². The topological polar surface area (TPSA) is 44.9 Å². The highest BCUT2D eigenvalue weighted by molar-refractivity contribution is 5.99. The molecule has 0 radical (unpaired) electrons. The average molecular weight is 284 g/mol. The van der Waals surface area contributed by atoms with Crippen LogP contribution in [0, 0.1) is 0 Å². The van der Waals surface area contributed by atoms with E-state index in [0.29, 0.717) is 0 Å². The molecule has 3 rings (SSSR count). The van der Waals surface area contributed by atoms with Gasteiger partial charge in [0.1, 0.15) is 0 Å². The summed E-state index contributed by atoms with van der Waals surface area (Å²) >= 11 is 0. The number of carbonyl (C=O) groups excluding carboxylic acids is 1. The lowest BCUT2D eigenvalue weighted by atomic mass is 9.95. The molecule has 112 valence electrons. The lowest BCUT2D eigenvalue weighted by Gasteiger charge is -2.13. The second-order valence-electron chi connectivity index (χ2n) is 6.21. The molecule has 2 aromatic rings. The van der Waals surface area contributed by atoms with E-state index in [0.717, 1.165) is 31.2 Å². The number of nitrogens with one attached hydrogen (secondary N) is 2. The van der Waals surface area contributed by atoms with Gasteiger partial charge in [-0.25, -0.2) is 0 Å². The summed E-state index contributed by atoms with van der Waals surface area (Å²) in [6.45, 7) is 4.21. The van der Waals surface area contributed by atoms with E-state index in [9.17, 15) is 4.79 Å². The number of carbonyl (C=O) groups is 1. The summed E-state index contributed by atoms with van der Waals surface area (Å²) in [5, 5.41) is 4.32. The zero-order valence-electron chi connectivity index (χ0n) is 13.0. The van der Waals surface area contributed by atoms with E-state index < -0.39 is 0 Å². The SMILES string of the molecule is CCC[C@@H](C)NC(=O)c1ccc2[nH]c3c(c2c1)CCCC3. The Kier molecular flexibility index (Phi) is 4.00. The van der Waals surface area contributed by atoms with E-state index in [2.05, 4.69) is 30.2 Å². The highest BCUT2D eigenvalue weighted by Crippen LogP contribution is 2.29. The van der Waals surface area contributed by atoms with Gasteiger partial charge in [-0.2, -0.15) is 0 Å². The third-order valence-corrected chi connectivity index (χ3v) is 4.46. The van der Waals surface area contributed by atoms with Crippen molar-refractivity contribution in [3.8, 4) is 0 Å². The standard InChI is InChI=1S/C18H24N2O/c1-3-6-12(2)19-18(21)13-9-10-17-15(11-13)14-7-4-5-8-16(14)20-17/h9-12,20H,3-8H2,1-2H3,(H,19,21)/t12-/m1/s1. The molecule has 0 fully saturated rings. The molecule has 0 spiro atoms. The van der Waals surface area contributed by atoms with Crippen LogP contribution in [0.3, 0.4) is 0 Å². The maximum atomic E-state index is 12.3. The lowest BCUT2D eigenvalue weighted by molar-refractivity contribution is 0.0938. The smallest absolute Gasteiger partial charge is 0.251 e. The predicted molar refractivity (Wildman–Crippen MR) is 86.8 cm³/mol. The van der Waals surface area contributed by atoms with Gasteiger partial charge in [-0.15, -0.1) is 0 Å². The lowest BCUT2D eigenvalue weighted by Crippen LogP contribution is -2.32. The maximum Gasteiger partial charge on any atom is 0.251 e. The first-order chi connectivity index (χ1) is 10.2. The van der Waals surface area contributed by atoms with Gasteiger partial charge in [0.15, 0.2) is 0 Å². The minimum absolute atomic E-state index is 0.0450. The normalized spacial score (nSPS) is 15.7. The van der Waals surface area contributed by atoms with Crippen molar-refractivity contribution in [1.29, 1.82) is 0 Å². The van der Waals surface area contributed by atoms with Crippen molar-refractivity contribution in [2.75, 3.05) is 0 Å². The molecule has 0 saturated heterocycles. The van der Waals surface area contributed by atoms with Gasteiger partial charge < -0.3 is 10.3 Å². The Bertz CT molecular complexity index is 657. The van der Waals surface area contributed by atoms with Gasteiger partial charge in [0.25, 0.3) is 5.91 Å². The van der Waals surface area contributed by atoms with Crippen LogP contribution < -0.4 is 5.32 Å². The Morgan fingerprint density at radius 3 is 2.95 bits per heavy atom. The monoisotopic (exact) mass is 284 g/mol. The predicted octanol–water partition coefficient (Wildman–Crippen LogP) is 3.97. The fourth-order valence-electron chi connectivity index (χ4n) is 3.36. The molecule has 3 heteroatoms. The number of amides is 1. The Morgan fingerprint density at radius 2 is 2.14 bits per heavy atom. The third kappa shape index (κ3) is 2.82. The second-order valence-corrected chi connectivity index (χ2v) is 6.21. The van der Waals surface area contributed by atoms with Gasteiger partial charge in [-0.1, -0.05) is 13.3 Å². The van der Waals surface area contributed by atoms with Crippen LogP contribution in [0.15, 0.2) is 18.2 Å². The number of aromatic nitrogens is 1. The number of rotatable bonds is 4. The Morgan fingerprint density at radius 1 is 1.33 bits per heavy atom. The molecule has 1 atom stereocenters. The van der Waals surface area contributed by atoms with Gasteiger partial charge in [-0.05, 0) is 62.8 Å². The molecule has 3 nitrogen and oxygen atoms in total. The largest absolute Gasteiger partial charge is 0.358 e. The molecule has 1 heterocycles. The number of aromatic amines is 1. The Hall–Kier alpha value is -1.77. The van der Waals surface area contributed by atoms with Crippen LogP contribution in [0.2, 0.25) is 0 Å². The van der Waals surface area contributed by atoms with E-state index >= 15 is 0 Å². The number of aryl methyl sites for hydroxylation is 2. The molecule has 0 saturated carbocycles. The second kappa shape index (κ2) is 5.92. The summed E-state index contributed by atoms with van der Waals surface area (Å²) in [5.41, 5.74) is 4.73. The van der Waals surface area contributed by atoms with Crippen LogP contribution in [-0.2, 0) is 12.8 Å². The van der Waals surface area contributed by atoms with E-state index in [1.807, 2.05) is 12.1 Å². The zero-order valence-corrected chi connectivity index (χ0v) is 13.0. The molecule has 1 amide bonds. The molecule has 1 aliphatic rings. The van der Waals surface area contributed by atoms with Crippen molar-refractivity contribution in [3.05, 3.63) is 35.0 Å². The number of hydrogen-bond acceptors (Lipinski definition) is 1. The Balaban J connectivity index is 1.88. The maximum absolute atomic E-state index is 12.3. The zero-order chi connectivity index (χ0) is 14.8. The third-order valence-electron chi connectivity index (χ3n) is 4.46. The molecule has 0 bridgehead atoms. The fraction of sp³-hybridized carbons (Fsp3) is 0.500. The summed E-state index contributed by atoms with van der Waals surface area (Å²) in [6, 6.07) is 6.27. The van der Waals surface area contributed by atoms with E-state index in [1.165, 1.54) is 35.0 Å². The van der Waals surface area contributed by atoms with E-state index in [4.69, 9.17) is 0 Å². The molecule has 2 N–H and O–H groups in total. The number of benzene rings is 1. The molecule has 0 aliphatic heterocycles. The first-order valence-electron chi connectivity index (χ1n) is 8.13. The minimum atomic E-state index is 0.0450. The summed E-state index contributed by atoms with van der Waals surface area (Å²) in [7, 11) is 0. The van der Waals surface area contributed by atoms with Crippen molar-refractivity contribution in [3.63, 3.8) is 0 Å². The molecular weight excluding hydrogens is 260 g/mol. The van der Waals surface area contributed by atoms with Crippen molar-refractivity contribution in [1.82, 2.24) is 10.3 Å². The number of hydrogen-bond donors (Lipinski definition) is 2. The summed E-state index contributed by atoms with van der Waals surface area (Å²) in [6.07, 6.45) is 6.90. The number of H-pyrrole nitrogens is 1. The summed E-state index contributed by atoms with van der Waals surface area (Å²) in [5.74, 6) is 0.0450. The van der Waals surface area contributed by atoms with Gasteiger partial charge in [0, 0.05) is 28.2 Å². The van der Waals surface area contributed by atoms with Crippen molar-refractivity contribution in [2.24, 2.45) is 0 Å². The van der Waals surface area contributed by atoms with Crippen LogP contribution >= 0.6 is 0 Å². The van der Waals surface area contributed by atoms with Gasteiger partial charge in [-0.3, -0.25) is 4.79 Å². The van der Waals surface area contributed by atoms with Crippen LogP contribution in [0.25, 0.3) is 10.9 Å². The number of fused-ring (bicyclic) bond motifs is 3. The molecule has 1 aromatic carbocycles. The van der Waals surface area contributed by atoms with E-state index in [1.54, 1.807) is 0 Å². The first kappa shape index (κ1) is 14.2. The fourth-order valence-corrected chi connectivity index (χ4v) is 3.36. The molecule has 21 heavy (non-hydrogen) atoms. The van der Waals surface area contributed by atoms with Gasteiger partial charge in [0.2, 0.25) is 0 Å². The van der Waals surface area contributed by atoms with Crippen LogP contribution in [0.1, 0.15) is 61.1 Å². The van der Waals surface area contributed by atoms with Crippen molar-refractivity contribution in [2.45, 2.75) is 58.4 Å². The molecule has 0 unspecified atom stereocenters. The minimum Gasteiger partial charge on any atom is -0.358 e. The van der Waals surface area contributed by atoms with Crippen molar-refractivity contribution >= 4 is 16.8 Å². The molecule has 1 aliphatic carbocycles. The first-order valence-corrected chi connectivity index (χ1v) is 8.13. The van der Waals surface area contributed by atoms with Crippen LogP contribution in [0.4, 0.5) is 0 Å². The molecule has 1 aromatic heterocycles. The Labute approximate surface area is 126 Å². The average Bonchev–Trinajstić information content (AvgIpc) is 2.85. The highest BCUT2D eigenvalue weighted by Gasteiger charge is 2.17. The van der Waals surface area contributed by atoms with E-state index in [-0.39, 0.29) is 11.9 Å². The van der Waals surface area contributed by atoms with Crippen LogP contribution in [-0.4, -0.2) is 16.9 Å². The quantitative estimate of drug-likeness (QED) is 0.877. The highest BCUT2D eigenvalue weighted by atomic mass is 16.1. The van der Waals surface area contributed by atoms with Crippen molar-refractivity contribution < 1.29 is 4.79 Å².